The lowest BCUT2D eigenvalue weighted by atomic mass is 10.0. The molecule has 1 aliphatic rings. The second-order valence-electron chi connectivity index (χ2n) is 9.59. The van der Waals surface area contributed by atoms with Crippen LogP contribution in [0.4, 0.5) is 16.2 Å². The van der Waals surface area contributed by atoms with Crippen LogP contribution in [0, 0.1) is 6.92 Å². The number of carboxylic acids is 1. The number of nitrogens with one attached hydrogen (secondary N) is 2. The molecule has 1 atom stereocenters. The predicted molar refractivity (Wildman–Crippen MR) is 139 cm³/mol. The Bertz CT molecular complexity index is 1460. The maximum Gasteiger partial charge on any atom is 0.323 e. The van der Waals surface area contributed by atoms with E-state index in [1.807, 2.05) is 17.5 Å². The number of nitrogens with zero attached hydrogens (tertiary/aromatic N) is 6. The lowest BCUT2D eigenvalue weighted by Crippen LogP contribution is -2.22. The van der Waals surface area contributed by atoms with Crippen LogP contribution < -0.4 is 10.6 Å². The van der Waals surface area contributed by atoms with Crippen LogP contribution in [0.2, 0.25) is 0 Å². The first-order chi connectivity index (χ1) is 18.4. The van der Waals surface area contributed by atoms with Crippen molar-refractivity contribution in [3.8, 4) is 11.6 Å². The first-order valence-corrected chi connectivity index (χ1v) is 12.9. The molecule has 3 N–H and O–H groups in total. The predicted octanol–water partition coefficient (Wildman–Crippen LogP) is 5.14. The Morgan fingerprint density at radius 2 is 2.00 bits per heavy atom. The second kappa shape index (κ2) is 11.0. The van der Waals surface area contributed by atoms with Crippen LogP contribution in [0.3, 0.4) is 0 Å². The molecule has 1 saturated carbocycles. The summed E-state index contributed by atoms with van der Waals surface area (Å²) in [5.41, 5.74) is 3.92. The van der Waals surface area contributed by atoms with Crippen molar-refractivity contribution >= 4 is 29.0 Å². The van der Waals surface area contributed by atoms with Crippen LogP contribution in [-0.2, 0) is 4.79 Å². The van der Waals surface area contributed by atoms with E-state index < -0.39 is 17.9 Å². The summed E-state index contributed by atoms with van der Waals surface area (Å²) in [5, 5.41) is 27.7. The molecule has 4 aromatic rings. The van der Waals surface area contributed by atoms with E-state index in [0.29, 0.717) is 35.0 Å². The number of carboxylic acid groups (broad SMARTS) is 1. The van der Waals surface area contributed by atoms with Gasteiger partial charge in [0, 0.05) is 12.0 Å². The zero-order chi connectivity index (χ0) is 26.6. The average molecular weight is 519 g/mol. The van der Waals surface area contributed by atoms with Crippen LogP contribution in [-0.4, -0.2) is 46.9 Å². The van der Waals surface area contributed by atoms with E-state index in [1.165, 1.54) is 6.20 Å². The molecule has 5 rings (SSSR count). The zero-order valence-corrected chi connectivity index (χ0v) is 21.3. The van der Waals surface area contributed by atoms with E-state index in [-0.39, 0.29) is 11.8 Å². The Hall–Kier alpha value is -4.35. The summed E-state index contributed by atoms with van der Waals surface area (Å²) in [6, 6.07) is 3.16. The lowest BCUT2D eigenvalue weighted by Gasteiger charge is -2.17. The molecule has 0 radical (unpaired) electrons. The molecule has 0 aliphatic heterocycles. The van der Waals surface area contributed by atoms with Gasteiger partial charge >= 0.3 is 12.0 Å². The number of pyridine rings is 1. The quantitative estimate of drug-likeness (QED) is 0.272. The van der Waals surface area contributed by atoms with Gasteiger partial charge in [-0.15, -0.1) is 10.2 Å². The Labute approximate surface area is 218 Å². The first-order valence-electron chi connectivity index (χ1n) is 12.9. The van der Waals surface area contributed by atoms with Crippen molar-refractivity contribution in [1.82, 2.24) is 29.8 Å². The van der Waals surface area contributed by atoms with Gasteiger partial charge in [-0.1, -0.05) is 32.6 Å². The van der Waals surface area contributed by atoms with Crippen molar-refractivity contribution in [2.45, 2.75) is 70.6 Å². The van der Waals surface area contributed by atoms with Gasteiger partial charge in [-0.25, -0.2) is 19.3 Å². The van der Waals surface area contributed by atoms with Gasteiger partial charge in [0.25, 0.3) is 5.89 Å². The van der Waals surface area contributed by atoms with Gasteiger partial charge in [0.1, 0.15) is 11.6 Å². The molecular formula is C26H30N8O4. The summed E-state index contributed by atoms with van der Waals surface area (Å²) in [7, 11) is 0. The van der Waals surface area contributed by atoms with E-state index in [0.717, 1.165) is 49.9 Å². The normalized spacial score (nSPS) is 14.6. The number of amides is 2. The molecule has 1 unspecified atom stereocenters. The van der Waals surface area contributed by atoms with E-state index >= 15 is 0 Å². The van der Waals surface area contributed by atoms with Crippen LogP contribution in [0.15, 0.2) is 35.1 Å². The van der Waals surface area contributed by atoms with Gasteiger partial charge < -0.3 is 20.2 Å². The van der Waals surface area contributed by atoms with E-state index in [2.05, 4.69) is 35.9 Å². The number of aliphatic carboxylic acids is 1. The number of unbranched alkanes of at least 4 members (excludes halogenated alkanes) is 1. The summed E-state index contributed by atoms with van der Waals surface area (Å²) >= 11 is 0. The number of urea groups is 1. The summed E-state index contributed by atoms with van der Waals surface area (Å²) in [5.74, 6) is -1.35. The molecule has 0 spiro atoms. The molecule has 4 aromatic heterocycles. The molecule has 38 heavy (non-hydrogen) atoms. The second-order valence-corrected chi connectivity index (χ2v) is 9.59. The van der Waals surface area contributed by atoms with Gasteiger partial charge in [0.15, 0.2) is 5.65 Å². The number of aryl methyl sites for hydroxylation is 1. The number of carbonyl (C=O) groups excluding carboxylic acids is 1. The fourth-order valence-electron chi connectivity index (χ4n) is 4.96. The van der Waals surface area contributed by atoms with Crippen molar-refractivity contribution in [2.24, 2.45) is 0 Å². The first kappa shape index (κ1) is 25.3. The van der Waals surface area contributed by atoms with Gasteiger partial charge in [0.2, 0.25) is 5.89 Å². The Morgan fingerprint density at radius 3 is 2.74 bits per heavy atom. The van der Waals surface area contributed by atoms with Crippen molar-refractivity contribution in [3.63, 3.8) is 0 Å². The van der Waals surface area contributed by atoms with Gasteiger partial charge in [0.05, 0.1) is 35.7 Å². The summed E-state index contributed by atoms with van der Waals surface area (Å²) < 4.78 is 7.49. The number of hydrogen-bond donors (Lipinski definition) is 3. The highest BCUT2D eigenvalue weighted by Gasteiger charge is 2.27. The smallest absolute Gasteiger partial charge is 0.323 e. The van der Waals surface area contributed by atoms with Crippen LogP contribution in [0.1, 0.15) is 80.9 Å². The van der Waals surface area contributed by atoms with E-state index in [1.54, 1.807) is 25.4 Å². The highest BCUT2D eigenvalue weighted by Crippen LogP contribution is 2.37. The molecule has 12 heteroatoms. The molecule has 0 aromatic carbocycles. The topological polar surface area (TPSA) is 160 Å². The fourth-order valence-corrected chi connectivity index (χ4v) is 4.96. The van der Waals surface area contributed by atoms with Gasteiger partial charge in [-0.2, -0.15) is 5.10 Å². The molecule has 1 aliphatic carbocycles. The number of anilines is 2. The monoisotopic (exact) mass is 518 g/mol. The number of aromatic nitrogens is 6. The van der Waals surface area contributed by atoms with Gasteiger partial charge in [-0.3, -0.25) is 4.79 Å². The fraction of sp³-hybridized carbons (Fsp3) is 0.423. The maximum absolute atomic E-state index is 12.9. The van der Waals surface area contributed by atoms with Crippen molar-refractivity contribution in [1.29, 1.82) is 0 Å². The molecule has 12 nitrogen and oxygen atoms in total. The zero-order valence-electron chi connectivity index (χ0n) is 21.3. The van der Waals surface area contributed by atoms with Crippen LogP contribution >= 0.6 is 0 Å². The Morgan fingerprint density at radius 1 is 1.18 bits per heavy atom. The largest absolute Gasteiger partial charge is 0.481 e. The van der Waals surface area contributed by atoms with Gasteiger partial charge in [-0.05, 0) is 37.8 Å². The summed E-state index contributed by atoms with van der Waals surface area (Å²) in [4.78, 5) is 33.4. The Kier molecular flexibility index (Phi) is 7.29. The maximum atomic E-state index is 12.9. The molecule has 0 saturated heterocycles. The van der Waals surface area contributed by atoms with E-state index in [9.17, 15) is 14.7 Å². The molecule has 0 bridgehead atoms. The van der Waals surface area contributed by atoms with Crippen LogP contribution in [0.5, 0.6) is 0 Å². The number of carbonyl (C=O) groups is 2. The van der Waals surface area contributed by atoms with E-state index in [4.69, 9.17) is 4.42 Å². The molecule has 2 amide bonds. The third-order valence-corrected chi connectivity index (χ3v) is 6.86. The third-order valence-electron chi connectivity index (χ3n) is 6.86. The molecule has 1 fully saturated rings. The average Bonchev–Trinajstić information content (AvgIpc) is 3.66. The van der Waals surface area contributed by atoms with Crippen molar-refractivity contribution < 1.29 is 19.1 Å². The number of fused-ring (bicyclic) bond motifs is 1. The molecule has 4 heterocycles. The highest BCUT2D eigenvalue weighted by molar-refractivity contribution is 6.00. The van der Waals surface area contributed by atoms with Crippen LogP contribution in [0.25, 0.3) is 17.2 Å². The number of hydrogen-bond acceptors (Lipinski definition) is 8. The van der Waals surface area contributed by atoms with Crippen molar-refractivity contribution in [3.05, 3.63) is 47.9 Å². The Balaban J connectivity index is 1.31. The molecule has 198 valence electrons. The SMILES string of the molecule is CCCCC(C(=O)O)c1nnc(-c2ncc(NC(=O)Nc3cnc4ccnn4c3C3CCCC3)cc2C)o1. The minimum absolute atomic E-state index is 0.0598. The third kappa shape index (κ3) is 5.20. The molecular weight excluding hydrogens is 488 g/mol. The minimum atomic E-state index is -0.998. The summed E-state index contributed by atoms with van der Waals surface area (Å²) in [6.45, 7) is 3.79. The summed E-state index contributed by atoms with van der Waals surface area (Å²) in [6.07, 6.45) is 11.3. The minimum Gasteiger partial charge on any atom is -0.481 e. The highest BCUT2D eigenvalue weighted by atomic mass is 16.4. The number of rotatable bonds is 9. The standard InChI is InChI=1S/C26H30N8O4/c1-3-4-9-18(25(35)36)23-32-33-24(38-23)21-15(2)12-17(13-28-21)30-26(37)31-19-14-27-20-10-11-29-34(20)22(19)16-7-5-6-8-16/h10-14,16,18H,3-9H2,1-2H3,(H,35,36)(H2,30,31,37). The van der Waals surface area contributed by atoms with Crippen molar-refractivity contribution in [2.75, 3.05) is 10.6 Å². The lowest BCUT2D eigenvalue weighted by molar-refractivity contribution is -0.139.